The molecule has 0 aliphatic heterocycles. The fourth-order valence-corrected chi connectivity index (χ4v) is 0.191. The lowest BCUT2D eigenvalue weighted by molar-refractivity contribution is 1.43. The molecule has 1 nitrogen and oxygen atoms in total. The normalized spacial score (nSPS) is 11.4. The summed E-state index contributed by atoms with van der Waals surface area (Å²) in [7, 11) is 3.71. The van der Waals surface area contributed by atoms with Crippen molar-refractivity contribution in [2.24, 2.45) is 4.99 Å². The number of aliphatic imine (C=N–C) groups is 1. The number of hydrogen-bond acceptors (Lipinski definition) is 1. The van der Waals surface area contributed by atoms with Gasteiger partial charge in [0.25, 0.3) is 0 Å². The molecule has 0 aliphatic carbocycles. The van der Waals surface area contributed by atoms with Gasteiger partial charge in [-0.3, -0.25) is 4.99 Å². The molecule has 0 aliphatic rings. The zero-order chi connectivity index (χ0) is 5.86. The van der Waals surface area contributed by atoms with Crippen molar-refractivity contribution in [3.05, 3.63) is 12.1 Å². The second-order valence-electron chi connectivity index (χ2n) is 1.59. The molecule has 0 aromatic heterocycles. The lowest BCUT2D eigenvalue weighted by Gasteiger charge is -1.90. The van der Waals surface area contributed by atoms with Crippen molar-refractivity contribution in [3.8, 4) is 0 Å². The Morgan fingerprint density at radius 2 is 2.14 bits per heavy atom. The summed E-state index contributed by atoms with van der Waals surface area (Å²) in [6.07, 6.45) is 0. The van der Waals surface area contributed by atoms with E-state index in [2.05, 4.69) is 11.6 Å². The maximum absolute atomic E-state index is 3.91. The van der Waals surface area contributed by atoms with E-state index in [-0.39, 0.29) is 0 Å². The molecule has 38 valence electrons. The summed E-state index contributed by atoms with van der Waals surface area (Å²) in [6.45, 7) is 5.64. The minimum absolute atomic E-state index is 1.03. The van der Waals surface area contributed by atoms with Crippen LogP contribution < -0.4 is 0 Å². The second-order valence-corrected chi connectivity index (χ2v) is 1.59. The van der Waals surface area contributed by atoms with E-state index in [0.717, 1.165) is 11.2 Å². The highest BCUT2D eigenvalue weighted by atomic mass is 14.7. The van der Waals surface area contributed by atoms with Crippen LogP contribution >= 0.6 is 0 Å². The van der Waals surface area contributed by atoms with Crippen molar-refractivity contribution in [3.63, 3.8) is 0 Å². The summed E-state index contributed by atoms with van der Waals surface area (Å²) >= 11 is 0. The zero-order valence-corrected chi connectivity index (χ0v) is 5.15. The maximum Gasteiger partial charge on any atom is 0.140 e. The lowest BCUT2D eigenvalue weighted by atomic mass is 9.94. The first-order chi connectivity index (χ1) is 3.18. The van der Waals surface area contributed by atoms with Gasteiger partial charge < -0.3 is 0 Å². The fraction of sp³-hybridized carbons (Fsp3) is 0.400. The molecule has 7 heavy (non-hydrogen) atoms. The van der Waals surface area contributed by atoms with Crippen LogP contribution in [0.4, 0.5) is 0 Å². The Bertz CT molecular complexity index is 105. The molecule has 0 amide bonds. The van der Waals surface area contributed by atoms with Gasteiger partial charge in [-0.1, -0.05) is 5.47 Å². The molecule has 0 unspecified atom stereocenters. The minimum Gasteiger partial charge on any atom is -0.294 e. The first-order valence-electron chi connectivity index (χ1n) is 2.27. The molecule has 0 saturated carbocycles. The van der Waals surface area contributed by atoms with Gasteiger partial charge in [0.05, 0.1) is 0 Å². The van der Waals surface area contributed by atoms with Gasteiger partial charge in [-0.15, -0.1) is 6.58 Å². The predicted octanol–water partition coefficient (Wildman–Crippen LogP) is 0.224. The van der Waals surface area contributed by atoms with E-state index in [0.29, 0.717) is 0 Å². The van der Waals surface area contributed by atoms with E-state index in [9.17, 15) is 0 Å². The molecule has 0 heterocycles. The van der Waals surface area contributed by atoms with Crippen LogP contribution in [0, 0.1) is 0 Å². The van der Waals surface area contributed by atoms with Gasteiger partial charge in [-0.05, 0) is 6.92 Å². The average molecular weight is 95.0 g/mol. The van der Waals surface area contributed by atoms with Crippen LogP contribution in [0.3, 0.4) is 0 Å². The van der Waals surface area contributed by atoms with Crippen LogP contribution in [0.1, 0.15) is 6.92 Å². The molecule has 0 bridgehead atoms. The Balaban J connectivity index is 3.82. The van der Waals surface area contributed by atoms with Gasteiger partial charge in [-0.25, -0.2) is 0 Å². The monoisotopic (exact) mass is 95.1 g/mol. The third-order valence-corrected chi connectivity index (χ3v) is 0.953. The van der Waals surface area contributed by atoms with Crippen LogP contribution in [0.25, 0.3) is 0 Å². The largest absolute Gasteiger partial charge is 0.294 e. The molecule has 0 N–H and O–H groups in total. The Morgan fingerprint density at radius 3 is 2.14 bits per heavy atom. The third-order valence-electron chi connectivity index (χ3n) is 0.953. The van der Waals surface area contributed by atoms with Crippen LogP contribution in [-0.2, 0) is 0 Å². The van der Waals surface area contributed by atoms with Gasteiger partial charge >= 0.3 is 0 Å². The van der Waals surface area contributed by atoms with Gasteiger partial charge in [0, 0.05) is 12.8 Å². The number of rotatable bonds is 1. The van der Waals surface area contributed by atoms with Gasteiger partial charge in [0.1, 0.15) is 7.85 Å². The molecule has 0 aromatic rings. The third kappa shape index (κ3) is 2.21. The quantitative estimate of drug-likeness (QED) is 0.326. The first-order valence-corrected chi connectivity index (χ1v) is 2.27. The van der Waals surface area contributed by atoms with Crippen LogP contribution in [0.2, 0.25) is 0 Å². The van der Waals surface area contributed by atoms with E-state index in [4.69, 9.17) is 0 Å². The summed E-state index contributed by atoms with van der Waals surface area (Å²) in [5.74, 6) is 0. The molecule has 0 rings (SSSR count). The molecule has 2 heteroatoms. The Hall–Kier alpha value is -0.525. The highest BCUT2D eigenvalue weighted by molar-refractivity contribution is 6.37. The van der Waals surface area contributed by atoms with Gasteiger partial charge in [0.2, 0.25) is 0 Å². The molecule has 0 atom stereocenters. The second kappa shape index (κ2) is 2.62. The maximum atomic E-state index is 3.91. The van der Waals surface area contributed by atoms with Crippen molar-refractivity contribution < 1.29 is 0 Å². The van der Waals surface area contributed by atoms with Crippen molar-refractivity contribution in [1.29, 1.82) is 0 Å². The summed E-state index contributed by atoms with van der Waals surface area (Å²) in [4.78, 5) is 3.91. The van der Waals surface area contributed by atoms with Crippen molar-refractivity contribution >= 4 is 13.6 Å². The zero-order valence-electron chi connectivity index (χ0n) is 5.15. The standard InChI is InChI=1S/C5H10BN/c1-4(6)5(2)7-3/h1,6H2,2-3H3/b7-5+. The molecule has 0 saturated heterocycles. The van der Waals surface area contributed by atoms with Gasteiger partial charge in [-0.2, -0.15) is 0 Å². The predicted molar refractivity (Wildman–Crippen MR) is 36.7 cm³/mol. The topological polar surface area (TPSA) is 12.4 Å². The van der Waals surface area contributed by atoms with E-state index in [1.165, 1.54) is 0 Å². The van der Waals surface area contributed by atoms with E-state index in [1.54, 1.807) is 7.05 Å². The van der Waals surface area contributed by atoms with Crippen LogP contribution in [0.5, 0.6) is 0 Å². The summed E-state index contributed by atoms with van der Waals surface area (Å²) in [5.41, 5.74) is 2.07. The highest BCUT2D eigenvalue weighted by Gasteiger charge is 1.83. The van der Waals surface area contributed by atoms with Crippen LogP contribution in [-0.4, -0.2) is 20.6 Å². The SMILES string of the molecule is BC(=C)/C(C)=N/C. The smallest absolute Gasteiger partial charge is 0.140 e. The van der Waals surface area contributed by atoms with E-state index in [1.807, 2.05) is 14.8 Å². The van der Waals surface area contributed by atoms with Crippen molar-refractivity contribution in [2.45, 2.75) is 6.92 Å². The fourth-order valence-electron chi connectivity index (χ4n) is 0.191. The average Bonchev–Trinajstić information content (AvgIpc) is 1.65. The highest BCUT2D eigenvalue weighted by Crippen LogP contribution is 1.83. The molecular formula is C5H10BN. The Morgan fingerprint density at radius 1 is 1.71 bits per heavy atom. The number of allylic oxidation sites excluding steroid dienone is 1. The van der Waals surface area contributed by atoms with E-state index >= 15 is 0 Å². The summed E-state index contributed by atoms with van der Waals surface area (Å²) < 4.78 is 0. The van der Waals surface area contributed by atoms with E-state index < -0.39 is 0 Å². The minimum atomic E-state index is 1.03. The summed E-state index contributed by atoms with van der Waals surface area (Å²) in [5, 5.41) is 0. The molecule has 0 spiro atoms. The molecule has 0 aromatic carbocycles. The van der Waals surface area contributed by atoms with Crippen LogP contribution in [0.15, 0.2) is 17.0 Å². The number of nitrogens with zero attached hydrogens (tertiary/aromatic N) is 1. The lowest BCUT2D eigenvalue weighted by Crippen LogP contribution is -1.93. The molecule has 0 radical (unpaired) electrons. The van der Waals surface area contributed by atoms with Crippen molar-refractivity contribution in [1.82, 2.24) is 0 Å². The Labute approximate surface area is 45.6 Å². The summed E-state index contributed by atoms with van der Waals surface area (Å²) in [6, 6.07) is 0. The molecule has 0 fully saturated rings. The number of hydrogen-bond donors (Lipinski definition) is 0. The Kier molecular flexibility index (Phi) is 2.42. The van der Waals surface area contributed by atoms with Gasteiger partial charge in [0.15, 0.2) is 0 Å². The first kappa shape index (κ1) is 6.47. The molecular weight excluding hydrogens is 84.9 g/mol. The van der Waals surface area contributed by atoms with Crippen molar-refractivity contribution in [2.75, 3.05) is 7.05 Å².